The molecule has 7 atom stereocenters. The molecule has 16 heteroatoms. The summed E-state index contributed by atoms with van der Waals surface area (Å²) in [4.78, 5) is 69.7. The fraction of sp³-hybridized carbons (Fsp3) is 0.455. The first-order valence-corrected chi connectivity index (χ1v) is 22.5. The first-order chi connectivity index (χ1) is 28.8. The molecule has 318 valence electrons. The minimum atomic E-state index is -4.47. The van der Waals surface area contributed by atoms with E-state index in [2.05, 4.69) is 10.4 Å². The van der Waals surface area contributed by atoms with E-state index in [-0.39, 0.29) is 46.9 Å². The molecule has 3 unspecified atom stereocenters. The van der Waals surface area contributed by atoms with Gasteiger partial charge in [0.05, 0.1) is 24.6 Å². The summed E-state index contributed by atoms with van der Waals surface area (Å²) in [7, 11) is -2.78. The number of nitrogens with one attached hydrogen (secondary N) is 2. The van der Waals surface area contributed by atoms with Gasteiger partial charge in [-0.05, 0) is 97.3 Å². The van der Waals surface area contributed by atoms with Crippen molar-refractivity contribution in [3.05, 3.63) is 117 Å². The van der Waals surface area contributed by atoms with Crippen LogP contribution in [-0.2, 0) is 25.9 Å². The lowest BCUT2D eigenvalue weighted by atomic mass is 9.98. The van der Waals surface area contributed by atoms with Crippen LogP contribution in [0.1, 0.15) is 98.5 Å². The summed E-state index contributed by atoms with van der Waals surface area (Å²) in [5.41, 5.74) is 1.02. The molecule has 2 N–H and O–H groups in total. The molecule has 60 heavy (non-hydrogen) atoms. The molecule has 4 aromatic rings. The Morgan fingerprint density at radius 3 is 2.48 bits per heavy atom. The summed E-state index contributed by atoms with van der Waals surface area (Å²) < 4.78 is 43.4. The minimum Gasteiger partial charge on any atom is -0.465 e. The van der Waals surface area contributed by atoms with E-state index in [4.69, 9.17) is 9.26 Å². The number of aryl methyl sites for hydroxylation is 1. The number of carbonyl (C=O) groups excluding carboxylic acids is 3. The second-order valence-corrected chi connectivity index (χ2v) is 18.1. The van der Waals surface area contributed by atoms with Crippen molar-refractivity contribution in [3.8, 4) is 5.75 Å². The first kappa shape index (κ1) is 42.7. The van der Waals surface area contributed by atoms with Gasteiger partial charge in [0.15, 0.2) is 0 Å². The van der Waals surface area contributed by atoms with Gasteiger partial charge in [0.25, 0.3) is 17.4 Å². The largest absolute Gasteiger partial charge is 0.465 e. The van der Waals surface area contributed by atoms with Crippen LogP contribution in [0.3, 0.4) is 0 Å². The highest BCUT2D eigenvalue weighted by molar-refractivity contribution is 7.57. The molecule has 3 aliphatic rings. The standard InChI is InChI=1S/C44H52FN6O8P/c1-4-24-58-44(55)29(2)47-60(57,59-37-11-6-5-7-12-37)41(45)32-16-14-30-15-17-33(26-35(30)25-32)42(53)46-38-13-9-8-10-36-18-19-39(50(36)43(38)54)51(56)49-23-21-34(28-49)31-20-22-48(3)40(52)27-31/h5-7,11-12,14-17,20,22,25-27,29,34,36,38-39,41H,4,8-10,13,18-19,21,23-24,28H2,1-3H3,(H-,46,47,53,57)/p+1/t29-,34?,36-,38-,39+,41?,60?/m0/s1. The van der Waals surface area contributed by atoms with Crippen molar-refractivity contribution in [1.82, 2.24) is 24.9 Å². The zero-order valence-corrected chi connectivity index (χ0v) is 35.1. The Balaban J connectivity index is 1.07. The van der Waals surface area contributed by atoms with E-state index in [9.17, 15) is 28.7 Å². The number of aromatic nitrogens is 1. The van der Waals surface area contributed by atoms with Crippen LogP contribution in [0, 0.1) is 4.91 Å². The topological polar surface area (TPSA) is 159 Å². The molecular weight excluding hydrogens is 790 g/mol. The summed E-state index contributed by atoms with van der Waals surface area (Å²) in [6, 6.07) is 19.0. The van der Waals surface area contributed by atoms with Crippen molar-refractivity contribution in [3.63, 3.8) is 0 Å². The van der Waals surface area contributed by atoms with Crippen LogP contribution in [0.2, 0.25) is 0 Å². The third kappa shape index (κ3) is 9.32. The maximum absolute atomic E-state index is 16.6. The van der Waals surface area contributed by atoms with E-state index in [1.807, 2.05) is 13.0 Å². The van der Waals surface area contributed by atoms with Gasteiger partial charge in [-0.2, -0.15) is 0 Å². The number of rotatable bonds is 14. The highest BCUT2D eigenvalue weighted by Crippen LogP contribution is 2.58. The van der Waals surface area contributed by atoms with Gasteiger partial charge in [0.2, 0.25) is 5.91 Å². The number of hydrogen-bond donors (Lipinski definition) is 2. The maximum atomic E-state index is 16.6. The summed E-state index contributed by atoms with van der Waals surface area (Å²) in [6.45, 7) is 4.36. The third-order valence-electron chi connectivity index (χ3n) is 11.8. The van der Waals surface area contributed by atoms with Crippen molar-refractivity contribution in [2.75, 3.05) is 19.7 Å². The number of esters is 1. The van der Waals surface area contributed by atoms with Gasteiger partial charge >= 0.3 is 19.7 Å². The Bertz CT molecular complexity index is 2340. The zero-order chi connectivity index (χ0) is 42.6. The zero-order valence-electron chi connectivity index (χ0n) is 34.2. The van der Waals surface area contributed by atoms with Gasteiger partial charge in [-0.15, -0.1) is 5.01 Å². The van der Waals surface area contributed by atoms with E-state index in [0.29, 0.717) is 56.0 Å². The number of para-hydroxylation sites is 1. The molecule has 3 aliphatic heterocycles. The highest BCUT2D eigenvalue weighted by atomic mass is 31.2. The number of pyridine rings is 1. The van der Waals surface area contributed by atoms with Gasteiger partial charge in [-0.25, -0.2) is 9.48 Å². The molecule has 2 amide bonds. The molecule has 3 fully saturated rings. The molecule has 4 heterocycles. The predicted molar refractivity (Wildman–Crippen MR) is 224 cm³/mol. The number of amides is 2. The Morgan fingerprint density at radius 2 is 1.72 bits per heavy atom. The van der Waals surface area contributed by atoms with E-state index >= 15 is 4.39 Å². The smallest absolute Gasteiger partial charge is 0.355 e. The lowest BCUT2D eigenvalue weighted by Crippen LogP contribution is -2.57. The Kier molecular flexibility index (Phi) is 13.2. The first-order valence-electron chi connectivity index (χ1n) is 20.8. The number of carbonyl (C=O) groups is 3. The second kappa shape index (κ2) is 18.5. The number of ether oxygens (including phenoxy) is 1. The lowest BCUT2D eigenvalue weighted by Gasteiger charge is -2.32. The SMILES string of the molecule is CCCOC(=O)[C@H](C)NP(=O)(Oc1ccccc1)C(F)c1ccc2ccc(C(=O)N[C@H]3CCCC[C@H]4CC[C@@H]([N+](=O)N5CCC(c6ccn(C)c(=O)c6)C5)N4C3=O)cc2c1. The fourth-order valence-electron chi connectivity index (χ4n) is 8.47. The Morgan fingerprint density at radius 1 is 0.950 bits per heavy atom. The molecule has 14 nitrogen and oxygen atoms in total. The lowest BCUT2D eigenvalue weighted by molar-refractivity contribution is -0.743. The van der Waals surface area contributed by atoms with Crippen molar-refractivity contribution in [1.29, 1.82) is 0 Å². The van der Waals surface area contributed by atoms with Crippen molar-refractivity contribution < 1.29 is 37.5 Å². The van der Waals surface area contributed by atoms with Gasteiger partial charge in [-0.1, -0.05) is 56.2 Å². The normalized spacial score (nSPS) is 22.6. The quantitative estimate of drug-likeness (QED) is 0.0779. The van der Waals surface area contributed by atoms with Crippen LogP contribution in [0.5, 0.6) is 5.75 Å². The minimum absolute atomic E-state index is 0.00164. The van der Waals surface area contributed by atoms with Crippen molar-refractivity contribution >= 4 is 36.1 Å². The third-order valence-corrected chi connectivity index (χ3v) is 13.9. The number of nitroso groups, excluding NO2 is 1. The Hall–Kier alpha value is -5.40. The van der Waals surface area contributed by atoms with Gasteiger partial charge in [0.1, 0.15) is 22.7 Å². The van der Waals surface area contributed by atoms with E-state index in [1.165, 1.54) is 35.8 Å². The average molecular weight is 844 g/mol. The molecule has 7 rings (SSSR count). The summed E-state index contributed by atoms with van der Waals surface area (Å²) in [5, 5.41) is 8.43. The maximum Gasteiger partial charge on any atom is 0.355 e. The Labute approximate surface area is 348 Å². The summed E-state index contributed by atoms with van der Waals surface area (Å²) >= 11 is 0. The molecule has 0 saturated carbocycles. The number of alkyl halides is 1. The molecular formula is C44H53FN6O8P+. The number of fused-ring (bicyclic) bond motifs is 2. The molecule has 0 spiro atoms. The molecule has 0 radical (unpaired) electrons. The molecule has 3 saturated heterocycles. The van der Waals surface area contributed by atoms with Gasteiger partial charge in [0, 0.05) is 43.3 Å². The van der Waals surface area contributed by atoms with Crippen LogP contribution in [0.15, 0.2) is 89.9 Å². The van der Waals surface area contributed by atoms with Crippen LogP contribution >= 0.6 is 7.52 Å². The van der Waals surface area contributed by atoms with E-state index < -0.39 is 43.6 Å². The number of halogens is 1. The van der Waals surface area contributed by atoms with Crippen molar-refractivity contribution in [2.45, 2.75) is 101 Å². The highest BCUT2D eigenvalue weighted by Gasteiger charge is 2.51. The number of hydrogen-bond acceptors (Lipinski definition) is 8. The predicted octanol–water partition coefficient (Wildman–Crippen LogP) is 6.88. The average Bonchev–Trinajstić information content (AvgIpc) is 3.91. The van der Waals surface area contributed by atoms with Crippen LogP contribution in [0.4, 0.5) is 4.39 Å². The molecule has 0 aliphatic carbocycles. The molecule has 3 aromatic carbocycles. The second-order valence-electron chi connectivity index (χ2n) is 16.1. The van der Waals surface area contributed by atoms with Gasteiger partial charge in [-0.3, -0.25) is 28.6 Å². The summed E-state index contributed by atoms with van der Waals surface area (Å²) in [5.74, 6) is -3.54. The van der Waals surface area contributed by atoms with E-state index in [1.54, 1.807) is 71.7 Å². The molecule has 0 bridgehead atoms. The van der Waals surface area contributed by atoms with E-state index in [0.717, 1.165) is 29.7 Å². The molecule has 1 aromatic heterocycles. The van der Waals surface area contributed by atoms with Crippen LogP contribution < -0.4 is 20.5 Å². The van der Waals surface area contributed by atoms with Gasteiger partial charge < -0.3 is 19.1 Å². The fourth-order valence-corrected chi connectivity index (χ4v) is 10.4. The van der Waals surface area contributed by atoms with Crippen LogP contribution in [0.25, 0.3) is 10.8 Å². The number of benzene rings is 3. The number of nitrogens with zero attached hydrogens (tertiary/aromatic N) is 4. The van der Waals surface area contributed by atoms with Crippen LogP contribution in [-0.4, -0.2) is 81.1 Å². The monoisotopic (exact) mass is 843 g/mol. The number of hydrazine groups is 1. The summed E-state index contributed by atoms with van der Waals surface area (Å²) in [6.07, 6.45) is 6.26. The van der Waals surface area contributed by atoms with Crippen molar-refractivity contribution in [2.24, 2.45) is 7.05 Å².